The highest BCUT2D eigenvalue weighted by Gasteiger charge is 2.09. The predicted octanol–water partition coefficient (Wildman–Crippen LogP) is 4.02. The maximum atomic E-state index is 5.25. The van der Waals surface area contributed by atoms with Crippen LogP contribution >= 0.6 is 28.1 Å². The Balaban J connectivity index is 2.59. The van der Waals surface area contributed by atoms with E-state index in [2.05, 4.69) is 25.9 Å². The van der Waals surface area contributed by atoms with E-state index in [0.29, 0.717) is 11.2 Å². The van der Waals surface area contributed by atoms with Crippen molar-refractivity contribution >= 4 is 28.1 Å². The molecule has 0 aliphatic carbocycles. The summed E-state index contributed by atoms with van der Waals surface area (Å²) in [6.45, 7) is 2.51. The molecule has 0 spiro atoms. The molecule has 0 amide bonds. The Bertz CT molecular complexity index is 625. The number of ether oxygens (including phenoxy) is 1. The average Bonchev–Trinajstić information content (AvgIpc) is 2.35. The summed E-state index contributed by atoms with van der Waals surface area (Å²) in [6, 6.07) is 8.06. The molecule has 18 heavy (non-hydrogen) atoms. The van der Waals surface area contributed by atoms with Gasteiger partial charge in [0.1, 0.15) is 10.5 Å². The summed E-state index contributed by atoms with van der Waals surface area (Å²) >= 11 is 8.68. The Morgan fingerprint density at radius 1 is 1.39 bits per heavy atom. The molecule has 0 aliphatic heterocycles. The SMILES string of the molecule is COCc1[nH]c(-c2ccccc2C)nc(=S)c1Br. The average molecular weight is 325 g/mol. The fourth-order valence-electron chi connectivity index (χ4n) is 1.72. The first-order valence-corrected chi connectivity index (χ1v) is 6.67. The number of aromatic amines is 1. The Morgan fingerprint density at radius 2 is 2.11 bits per heavy atom. The first-order chi connectivity index (χ1) is 8.63. The molecule has 0 bridgehead atoms. The zero-order valence-electron chi connectivity index (χ0n) is 10.2. The number of aromatic nitrogens is 2. The van der Waals surface area contributed by atoms with Crippen LogP contribution in [0.15, 0.2) is 28.7 Å². The number of H-pyrrole nitrogens is 1. The van der Waals surface area contributed by atoms with Gasteiger partial charge in [0, 0.05) is 12.7 Å². The third-order valence-electron chi connectivity index (χ3n) is 2.62. The standard InChI is InChI=1S/C13H13BrN2OS/c1-8-5-3-4-6-9(8)12-15-10(7-17-2)11(14)13(18)16-12/h3-6H,7H2,1-2H3,(H,15,16,18). The highest BCUT2D eigenvalue weighted by atomic mass is 79.9. The van der Waals surface area contributed by atoms with Crippen molar-refractivity contribution < 1.29 is 4.74 Å². The number of nitrogens with one attached hydrogen (secondary N) is 1. The minimum atomic E-state index is 0.464. The third-order valence-corrected chi connectivity index (χ3v) is 4.04. The van der Waals surface area contributed by atoms with Gasteiger partial charge in [-0.25, -0.2) is 4.98 Å². The van der Waals surface area contributed by atoms with Crippen LogP contribution in [-0.4, -0.2) is 17.1 Å². The number of rotatable bonds is 3. The van der Waals surface area contributed by atoms with Gasteiger partial charge in [0.05, 0.1) is 16.8 Å². The summed E-state index contributed by atoms with van der Waals surface area (Å²) in [5.41, 5.74) is 3.10. The van der Waals surface area contributed by atoms with Crippen molar-refractivity contribution in [1.82, 2.24) is 9.97 Å². The van der Waals surface area contributed by atoms with Crippen molar-refractivity contribution in [3.05, 3.63) is 44.6 Å². The van der Waals surface area contributed by atoms with Gasteiger partial charge >= 0.3 is 0 Å². The summed E-state index contributed by atoms with van der Waals surface area (Å²) in [5.74, 6) is 0.772. The predicted molar refractivity (Wildman–Crippen MR) is 78.0 cm³/mol. The molecule has 94 valence electrons. The molecule has 1 heterocycles. The molecule has 0 unspecified atom stereocenters. The molecular weight excluding hydrogens is 312 g/mol. The molecule has 0 atom stereocenters. The van der Waals surface area contributed by atoms with E-state index in [-0.39, 0.29) is 0 Å². The van der Waals surface area contributed by atoms with Gasteiger partial charge in [-0.3, -0.25) is 0 Å². The van der Waals surface area contributed by atoms with Crippen molar-refractivity contribution in [3.63, 3.8) is 0 Å². The molecule has 2 aromatic rings. The molecule has 1 aromatic carbocycles. The third kappa shape index (κ3) is 2.68. The number of hydrogen-bond acceptors (Lipinski definition) is 3. The molecule has 5 heteroatoms. The fourth-order valence-corrected chi connectivity index (χ4v) is 2.23. The quantitative estimate of drug-likeness (QED) is 0.866. The lowest BCUT2D eigenvalue weighted by atomic mass is 10.1. The molecule has 3 nitrogen and oxygen atoms in total. The van der Waals surface area contributed by atoms with Crippen LogP contribution in [0, 0.1) is 11.6 Å². The topological polar surface area (TPSA) is 37.9 Å². The van der Waals surface area contributed by atoms with Crippen LogP contribution in [0.25, 0.3) is 11.4 Å². The van der Waals surface area contributed by atoms with E-state index < -0.39 is 0 Å². The fraction of sp³-hybridized carbons (Fsp3) is 0.231. The van der Waals surface area contributed by atoms with Gasteiger partial charge in [-0.05, 0) is 28.4 Å². The second-order valence-electron chi connectivity index (χ2n) is 3.93. The van der Waals surface area contributed by atoms with E-state index in [9.17, 15) is 0 Å². The molecule has 0 fully saturated rings. The highest BCUT2D eigenvalue weighted by Crippen LogP contribution is 2.23. The number of nitrogens with zero attached hydrogens (tertiary/aromatic N) is 1. The summed E-state index contributed by atoms with van der Waals surface area (Å²) < 4.78 is 6.48. The summed E-state index contributed by atoms with van der Waals surface area (Å²) in [7, 11) is 1.65. The van der Waals surface area contributed by atoms with Crippen molar-refractivity contribution in [2.24, 2.45) is 0 Å². The van der Waals surface area contributed by atoms with Gasteiger partial charge in [0.15, 0.2) is 0 Å². The lowest BCUT2D eigenvalue weighted by Crippen LogP contribution is -2.00. The summed E-state index contributed by atoms with van der Waals surface area (Å²) in [6.07, 6.45) is 0. The maximum Gasteiger partial charge on any atom is 0.144 e. The van der Waals surface area contributed by atoms with Gasteiger partial charge in [-0.2, -0.15) is 0 Å². The van der Waals surface area contributed by atoms with Crippen LogP contribution in [-0.2, 0) is 11.3 Å². The Morgan fingerprint density at radius 3 is 2.78 bits per heavy atom. The molecule has 0 saturated heterocycles. The second kappa shape index (κ2) is 5.73. The minimum absolute atomic E-state index is 0.464. The number of benzene rings is 1. The monoisotopic (exact) mass is 324 g/mol. The van der Waals surface area contributed by atoms with Crippen LogP contribution < -0.4 is 0 Å². The second-order valence-corrected chi connectivity index (χ2v) is 5.11. The lowest BCUT2D eigenvalue weighted by Gasteiger charge is -2.09. The first kappa shape index (κ1) is 13.4. The summed E-state index contributed by atoms with van der Waals surface area (Å²) in [5, 5.41) is 0. The number of aryl methyl sites for hydroxylation is 1. The van der Waals surface area contributed by atoms with Crippen LogP contribution in [0.3, 0.4) is 0 Å². The molecular formula is C13H13BrN2OS. The van der Waals surface area contributed by atoms with Gasteiger partial charge in [-0.1, -0.05) is 36.5 Å². The van der Waals surface area contributed by atoms with Crippen LogP contribution in [0.5, 0.6) is 0 Å². The first-order valence-electron chi connectivity index (χ1n) is 5.47. The van der Waals surface area contributed by atoms with E-state index in [1.54, 1.807) is 7.11 Å². The molecule has 0 radical (unpaired) electrons. The Hall–Kier alpha value is -1.04. The van der Waals surface area contributed by atoms with Gasteiger partial charge in [-0.15, -0.1) is 0 Å². The summed E-state index contributed by atoms with van der Waals surface area (Å²) in [4.78, 5) is 7.67. The van der Waals surface area contributed by atoms with Crippen LogP contribution in [0.4, 0.5) is 0 Å². The molecule has 1 N–H and O–H groups in total. The number of methoxy groups -OCH3 is 1. The van der Waals surface area contributed by atoms with Crippen molar-refractivity contribution in [2.45, 2.75) is 13.5 Å². The number of hydrogen-bond donors (Lipinski definition) is 1. The highest BCUT2D eigenvalue weighted by molar-refractivity contribution is 9.10. The largest absolute Gasteiger partial charge is 0.378 e. The van der Waals surface area contributed by atoms with Crippen LogP contribution in [0.2, 0.25) is 0 Å². The normalized spacial score (nSPS) is 10.6. The van der Waals surface area contributed by atoms with E-state index in [4.69, 9.17) is 17.0 Å². The van der Waals surface area contributed by atoms with Gasteiger partial charge in [0.25, 0.3) is 0 Å². The number of halogens is 1. The Labute approximate surface area is 119 Å². The zero-order chi connectivity index (χ0) is 13.1. The van der Waals surface area contributed by atoms with E-state index >= 15 is 0 Å². The van der Waals surface area contributed by atoms with Crippen molar-refractivity contribution in [3.8, 4) is 11.4 Å². The van der Waals surface area contributed by atoms with Gasteiger partial charge in [0.2, 0.25) is 0 Å². The van der Waals surface area contributed by atoms with Gasteiger partial charge < -0.3 is 9.72 Å². The molecule has 1 aromatic heterocycles. The Kier molecular flexibility index (Phi) is 4.27. The van der Waals surface area contributed by atoms with Crippen molar-refractivity contribution in [2.75, 3.05) is 7.11 Å². The van der Waals surface area contributed by atoms with Crippen molar-refractivity contribution in [1.29, 1.82) is 0 Å². The molecule has 2 rings (SSSR count). The minimum Gasteiger partial charge on any atom is -0.378 e. The van der Waals surface area contributed by atoms with E-state index in [0.717, 1.165) is 27.1 Å². The maximum absolute atomic E-state index is 5.25. The molecule has 0 aliphatic rings. The lowest BCUT2D eigenvalue weighted by molar-refractivity contribution is 0.181. The van der Waals surface area contributed by atoms with E-state index in [1.165, 1.54) is 0 Å². The van der Waals surface area contributed by atoms with Crippen LogP contribution in [0.1, 0.15) is 11.3 Å². The van der Waals surface area contributed by atoms with E-state index in [1.807, 2.05) is 31.2 Å². The zero-order valence-corrected chi connectivity index (χ0v) is 12.6. The smallest absolute Gasteiger partial charge is 0.144 e. The molecule has 0 saturated carbocycles.